The van der Waals surface area contributed by atoms with E-state index in [1.54, 1.807) is 28.4 Å². The van der Waals surface area contributed by atoms with E-state index in [0.717, 1.165) is 112 Å². The lowest BCUT2D eigenvalue weighted by Crippen LogP contribution is -2.24. The highest BCUT2D eigenvalue weighted by atomic mass is 16.6. The van der Waals surface area contributed by atoms with Crippen LogP contribution in [0.2, 0.25) is 0 Å². The molecule has 4 aromatic carbocycles. The lowest BCUT2D eigenvalue weighted by molar-refractivity contribution is -0.0210. The van der Waals surface area contributed by atoms with Crippen LogP contribution in [0.25, 0.3) is 90.9 Å². The van der Waals surface area contributed by atoms with Crippen molar-refractivity contribution in [3.8, 4) is 67.5 Å². The lowest BCUT2D eigenvalue weighted by atomic mass is 10.0. The molecule has 8 atom stereocenters. The van der Waals surface area contributed by atoms with Crippen molar-refractivity contribution in [3.05, 3.63) is 144 Å². The Morgan fingerprint density at radius 3 is 0.670 bits per heavy atom. The molecule has 0 saturated carbocycles. The van der Waals surface area contributed by atoms with Crippen LogP contribution < -0.4 is 18.9 Å². The first kappa shape index (κ1) is 64.8. The van der Waals surface area contributed by atoms with Gasteiger partial charge in [0.15, 0.2) is 0 Å². The third kappa shape index (κ3) is 17.4. The molecule has 0 amide bonds. The normalized spacial score (nSPS) is 14.9. The number of benzene rings is 4. The SMILES string of the molecule is COCC(C)OCC(C)Oc1ccc(-c2c3nc(c(-c4ccc(OC(C)COC(C)COC)cc4)c4ccc([nH]4)c(-c4ccc(OC(C)COC(C)COC)cc4)c4nc(c(-c5ccc(OC(C)COC(C)COC)cc5)c5ccc2[nH]5)C=C4)C=C3)cc1. The molecule has 0 fully saturated rings. The maximum absolute atomic E-state index is 6.38. The highest BCUT2D eigenvalue weighted by molar-refractivity contribution is 6.00. The van der Waals surface area contributed by atoms with Gasteiger partial charge in [0.2, 0.25) is 0 Å². The zero-order chi connectivity index (χ0) is 62.1. The molecule has 88 heavy (non-hydrogen) atoms. The van der Waals surface area contributed by atoms with Gasteiger partial charge >= 0.3 is 0 Å². The largest absolute Gasteiger partial charge is 0.488 e. The molecule has 2 aliphatic heterocycles. The van der Waals surface area contributed by atoms with E-state index in [4.69, 9.17) is 66.8 Å². The Morgan fingerprint density at radius 1 is 0.273 bits per heavy atom. The van der Waals surface area contributed by atoms with E-state index in [2.05, 4.69) is 107 Å². The Morgan fingerprint density at radius 2 is 0.477 bits per heavy atom. The molecule has 0 spiro atoms. The topological polar surface area (TPSA) is 168 Å². The second-order valence-corrected chi connectivity index (χ2v) is 22.7. The van der Waals surface area contributed by atoms with Crippen molar-refractivity contribution in [3.63, 3.8) is 0 Å². The van der Waals surface area contributed by atoms with E-state index in [-0.39, 0.29) is 48.8 Å². The van der Waals surface area contributed by atoms with E-state index < -0.39 is 0 Å². The van der Waals surface area contributed by atoms with Crippen LogP contribution in [0.1, 0.15) is 78.2 Å². The minimum atomic E-state index is -0.197. The van der Waals surface area contributed by atoms with Crippen LogP contribution in [0, 0.1) is 0 Å². The summed E-state index contributed by atoms with van der Waals surface area (Å²) in [6.07, 6.45) is 7.36. The van der Waals surface area contributed by atoms with Crippen molar-refractivity contribution in [1.29, 1.82) is 0 Å². The summed E-state index contributed by atoms with van der Waals surface area (Å²) in [4.78, 5) is 18.9. The van der Waals surface area contributed by atoms with Crippen LogP contribution in [-0.2, 0) is 37.9 Å². The summed E-state index contributed by atoms with van der Waals surface area (Å²) in [5.74, 6) is 2.88. The van der Waals surface area contributed by atoms with Crippen molar-refractivity contribution >= 4 is 46.4 Å². The summed E-state index contributed by atoms with van der Waals surface area (Å²) in [7, 11) is 6.69. The summed E-state index contributed by atoms with van der Waals surface area (Å²) < 4.78 is 70.6. The minimum absolute atomic E-state index is 0.0547. The van der Waals surface area contributed by atoms with Gasteiger partial charge in [0.25, 0.3) is 0 Å². The first-order valence-electron chi connectivity index (χ1n) is 30.4. The number of hydrogen-bond acceptors (Lipinski definition) is 14. The highest BCUT2D eigenvalue weighted by Gasteiger charge is 2.21. The molecule has 16 heteroatoms. The smallest absolute Gasteiger partial charge is 0.119 e. The van der Waals surface area contributed by atoms with Crippen LogP contribution in [0.4, 0.5) is 0 Å². The highest BCUT2D eigenvalue weighted by Crippen LogP contribution is 2.40. The maximum Gasteiger partial charge on any atom is 0.119 e. The molecular formula is C72H86N4O12. The van der Waals surface area contributed by atoms with Gasteiger partial charge in [0.1, 0.15) is 47.4 Å². The molecule has 0 radical (unpaired) electrons. The molecule has 0 aliphatic carbocycles. The Labute approximate surface area is 518 Å². The van der Waals surface area contributed by atoms with Crippen molar-refractivity contribution in [2.75, 3.05) is 81.3 Å². The van der Waals surface area contributed by atoms with E-state index in [9.17, 15) is 0 Å². The van der Waals surface area contributed by atoms with Crippen molar-refractivity contribution in [2.45, 2.75) is 104 Å². The third-order valence-corrected chi connectivity index (χ3v) is 14.7. The Kier molecular flexibility index (Phi) is 23.2. The molecule has 0 saturated heterocycles. The number of fused-ring (bicyclic) bond motifs is 8. The Balaban J connectivity index is 1.21. The molecule has 466 valence electrons. The van der Waals surface area contributed by atoms with Gasteiger partial charge < -0.3 is 66.8 Å². The minimum Gasteiger partial charge on any atom is -0.488 e. The number of aromatic amines is 2. The Bertz CT molecular complexity index is 3120. The van der Waals surface area contributed by atoms with E-state index in [1.807, 2.05) is 104 Å². The molecule has 9 rings (SSSR count). The third-order valence-electron chi connectivity index (χ3n) is 14.7. The van der Waals surface area contributed by atoms with E-state index >= 15 is 0 Å². The summed E-state index contributed by atoms with van der Waals surface area (Å²) in [5, 5.41) is 0. The summed E-state index contributed by atoms with van der Waals surface area (Å²) in [6.45, 7) is 19.6. The molecule has 8 unspecified atom stereocenters. The van der Waals surface area contributed by atoms with Crippen LogP contribution in [-0.4, -0.2) is 150 Å². The number of H-pyrrole nitrogens is 2. The van der Waals surface area contributed by atoms with Gasteiger partial charge in [-0.1, -0.05) is 48.5 Å². The van der Waals surface area contributed by atoms with Gasteiger partial charge in [-0.05, 0) is 175 Å². The van der Waals surface area contributed by atoms with Gasteiger partial charge in [-0.3, -0.25) is 0 Å². The van der Waals surface area contributed by atoms with Crippen LogP contribution in [0.15, 0.2) is 121 Å². The van der Waals surface area contributed by atoms with E-state index in [1.165, 1.54) is 0 Å². The van der Waals surface area contributed by atoms with Gasteiger partial charge in [-0.2, -0.15) is 0 Å². The molecule has 7 aromatic rings. The number of aromatic nitrogens is 4. The average Bonchev–Trinajstić information content (AvgIpc) is 1.86. The molecular weight excluding hydrogens is 1110 g/mol. The average molecular weight is 1200 g/mol. The lowest BCUT2D eigenvalue weighted by Gasteiger charge is -2.18. The molecule has 2 aliphatic rings. The van der Waals surface area contributed by atoms with Gasteiger partial charge in [-0.25, -0.2) is 9.97 Å². The van der Waals surface area contributed by atoms with Crippen molar-refractivity contribution in [2.24, 2.45) is 0 Å². The maximum atomic E-state index is 6.38. The molecule has 3 aromatic heterocycles. The van der Waals surface area contributed by atoms with Crippen molar-refractivity contribution in [1.82, 2.24) is 19.9 Å². The number of methoxy groups -OCH3 is 4. The second kappa shape index (κ2) is 31.5. The fourth-order valence-electron chi connectivity index (χ4n) is 10.6. The van der Waals surface area contributed by atoms with Crippen molar-refractivity contribution < 1.29 is 56.8 Å². The molecule has 2 N–H and O–H groups in total. The summed E-state index contributed by atoms with van der Waals surface area (Å²) in [5.41, 5.74) is 13.8. The number of nitrogens with one attached hydrogen (secondary N) is 2. The number of hydrogen-bond donors (Lipinski definition) is 2. The van der Waals surface area contributed by atoms with Crippen LogP contribution in [0.5, 0.6) is 23.0 Å². The van der Waals surface area contributed by atoms with Crippen LogP contribution in [0.3, 0.4) is 0 Å². The number of nitrogens with zero attached hydrogens (tertiary/aromatic N) is 2. The molecule has 8 bridgehead atoms. The van der Waals surface area contributed by atoms with Gasteiger partial charge in [0.05, 0.1) is 100 Å². The molecule has 16 nitrogen and oxygen atoms in total. The Hall–Kier alpha value is -7.64. The predicted molar refractivity (Wildman–Crippen MR) is 350 cm³/mol. The van der Waals surface area contributed by atoms with Gasteiger partial charge in [-0.15, -0.1) is 0 Å². The molecule has 5 heterocycles. The van der Waals surface area contributed by atoms with E-state index in [0.29, 0.717) is 52.9 Å². The second-order valence-electron chi connectivity index (χ2n) is 22.7. The first-order chi connectivity index (χ1) is 42.7. The monoisotopic (exact) mass is 1200 g/mol. The summed E-state index contributed by atoms with van der Waals surface area (Å²) >= 11 is 0. The summed E-state index contributed by atoms with van der Waals surface area (Å²) in [6, 6.07) is 41.1. The quantitative estimate of drug-likeness (QED) is 0.0409. The first-order valence-corrected chi connectivity index (χ1v) is 30.4. The van der Waals surface area contributed by atoms with Crippen LogP contribution >= 0.6 is 0 Å². The fourth-order valence-corrected chi connectivity index (χ4v) is 10.6. The predicted octanol–water partition coefficient (Wildman–Crippen LogP) is 14.6. The number of ether oxygens (including phenoxy) is 12. The fraction of sp³-hybridized carbons (Fsp3) is 0.389. The van der Waals surface area contributed by atoms with Gasteiger partial charge in [0, 0.05) is 72.8 Å². The zero-order valence-electron chi connectivity index (χ0n) is 52.9. The zero-order valence-corrected chi connectivity index (χ0v) is 52.9. The number of rotatable bonds is 32. The standard InChI is InChI=1S/C72H86N4O12/c1-45(37-77-9)81-41-49(5)85-57-21-13-53(14-22-57)69-61-29-31-63(73-61)70(54-15-23-58(24-16-54)86-50(6)42-82-46(2)38-78-10)65-33-35-67(75-65)72(56-19-27-60(28-20-56)88-52(8)44-84-48(4)40-80-12)68-36-34-66(76-68)71(64-32-30-62(69)74-64)55-17-25-59(26-18-55)87-51(7)43-83-47(3)39-79-11/h13-36,45-52,73,76H,37-44H2,1-12H3.